The Kier molecular flexibility index (Phi) is 4.80. The highest BCUT2D eigenvalue weighted by molar-refractivity contribution is 7.17. The van der Waals surface area contributed by atoms with Crippen molar-refractivity contribution in [2.45, 2.75) is 0 Å². The average molecular weight is 422 g/mol. The molecule has 8 heteroatoms. The Morgan fingerprint density at radius 3 is 2.57 bits per heavy atom. The molecule has 0 spiro atoms. The molecule has 0 atom stereocenters. The van der Waals surface area contributed by atoms with E-state index in [1.807, 2.05) is 23.1 Å². The van der Waals surface area contributed by atoms with Crippen molar-refractivity contribution < 1.29 is 13.7 Å². The number of hydrogen-bond donors (Lipinski definition) is 0. The molecule has 5 rings (SSSR count). The van der Waals surface area contributed by atoms with E-state index in [0.29, 0.717) is 21.2 Å². The second kappa shape index (κ2) is 7.62. The number of hydrogen-bond acceptors (Lipinski definition) is 6. The molecule has 6 nitrogen and oxygen atoms in total. The predicted octanol–water partition coefficient (Wildman–Crippen LogP) is 4.15. The van der Waals surface area contributed by atoms with Gasteiger partial charge in [-0.3, -0.25) is 4.79 Å². The van der Waals surface area contributed by atoms with Gasteiger partial charge in [-0.25, -0.2) is 9.37 Å². The third-order valence-corrected chi connectivity index (χ3v) is 6.35. The molecule has 2 aromatic heterocycles. The van der Waals surface area contributed by atoms with Crippen LogP contribution < -0.4 is 0 Å². The maximum absolute atomic E-state index is 13.2. The van der Waals surface area contributed by atoms with Gasteiger partial charge >= 0.3 is 0 Å². The van der Waals surface area contributed by atoms with Crippen LogP contribution in [0.25, 0.3) is 32.8 Å². The first-order valence-electron chi connectivity index (χ1n) is 9.68. The van der Waals surface area contributed by atoms with Gasteiger partial charge < -0.3 is 14.3 Å². The van der Waals surface area contributed by atoms with E-state index in [9.17, 15) is 9.18 Å². The molecule has 0 bridgehead atoms. The largest absolute Gasteiger partial charge is 0.356 e. The van der Waals surface area contributed by atoms with Crippen LogP contribution >= 0.6 is 11.3 Å². The molecule has 1 aliphatic heterocycles. The second-order valence-corrected chi connectivity index (χ2v) is 8.40. The Morgan fingerprint density at radius 2 is 1.80 bits per heavy atom. The highest BCUT2D eigenvalue weighted by Crippen LogP contribution is 2.33. The van der Waals surface area contributed by atoms with Crippen molar-refractivity contribution in [2.75, 3.05) is 33.2 Å². The number of nitrogens with zero attached hydrogens (tertiary/aromatic N) is 4. The summed E-state index contributed by atoms with van der Waals surface area (Å²) in [6.07, 6.45) is 1.62. The molecule has 0 N–H and O–H groups in total. The lowest BCUT2D eigenvalue weighted by Crippen LogP contribution is -2.46. The van der Waals surface area contributed by atoms with E-state index in [1.54, 1.807) is 18.3 Å². The van der Waals surface area contributed by atoms with Crippen LogP contribution in [-0.2, 0) is 0 Å². The molecule has 0 aliphatic carbocycles. The number of fused-ring (bicyclic) bond motifs is 1. The third kappa shape index (κ3) is 3.48. The van der Waals surface area contributed by atoms with Crippen LogP contribution in [0.5, 0.6) is 0 Å². The van der Waals surface area contributed by atoms with E-state index >= 15 is 0 Å². The van der Waals surface area contributed by atoms with Gasteiger partial charge in [0.2, 0.25) is 0 Å². The minimum absolute atomic E-state index is 0.0123. The molecule has 4 aromatic rings. The van der Waals surface area contributed by atoms with Crippen molar-refractivity contribution in [3.05, 3.63) is 59.4 Å². The quantitative estimate of drug-likeness (QED) is 0.496. The summed E-state index contributed by atoms with van der Waals surface area (Å²) in [6, 6.07) is 12.1. The Morgan fingerprint density at radius 1 is 1.07 bits per heavy atom. The van der Waals surface area contributed by atoms with E-state index in [4.69, 9.17) is 4.52 Å². The van der Waals surface area contributed by atoms with Crippen molar-refractivity contribution in [1.29, 1.82) is 0 Å². The number of aromatic nitrogens is 2. The molecule has 0 radical (unpaired) electrons. The van der Waals surface area contributed by atoms with Crippen LogP contribution in [0.4, 0.5) is 4.39 Å². The summed E-state index contributed by atoms with van der Waals surface area (Å²) >= 11 is 1.33. The van der Waals surface area contributed by atoms with E-state index in [-0.39, 0.29) is 11.7 Å². The second-order valence-electron chi connectivity index (χ2n) is 7.37. The molecule has 3 heterocycles. The molecular formula is C22H19FN4O2S. The SMILES string of the molecule is CN1CCN(C(=O)c2cnc(-c3noc4cc(-c5ccc(F)cc5)ccc34)s2)CC1. The first-order chi connectivity index (χ1) is 14.6. The number of amides is 1. The highest BCUT2D eigenvalue weighted by Gasteiger charge is 2.23. The fourth-order valence-corrected chi connectivity index (χ4v) is 4.44. The lowest BCUT2D eigenvalue weighted by atomic mass is 10.0. The van der Waals surface area contributed by atoms with Crippen molar-refractivity contribution in [3.63, 3.8) is 0 Å². The molecule has 1 aliphatic rings. The van der Waals surface area contributed by atoms with Crippen LogP contribution in [0.1, 0.15) is 9.67 Å². The smallest absolute Gasteiger partial charge is 0.265 e. The Bertz CT molecular complexity index is 1210. The molecule has 1 saturated heterocycles. The fraction of sp³-hybridized carbons (Fsp3) is 0.227. The van der Waals surface area contributed by atoms with Gasteiger partial charge in [0.15, 0.2) is 5.58 Å². The highest BCUT2D eigenvalue weighted by atomic mass is 32.1. The number of carbonyl (C=O) groups excluding carboxylic acids is 1. The zero-order chi connectivity index (χ0) is 20.7. The van der Waals surface area contributed by atoms with Crippen LogP contribution in [0.15, 0.2) is 53.2 Å². The summed E-state index contributed by atoms with van der Waals surface area (Å²) in [5.74, 6) is -0.259. The van der Waals surface area contributed by atoms with Gasteiger partial charge in [0.1, 0.15) is 21.4 Å². The summed E-state index contributed by atoms with van der Waals surface area (Å²) in [5.41, 5.74) is 3.05. The number of rotatable bonds is 3. The normalized spacial score (nSPS) is 15.1. The van der Waals surface area contributed by atoms with E-state index in [2.05, 4.69) is 22.1 Å². The number of halogens is 1. The van der Waals surface area contributed by atoms with E-state index in [0.717, 1.165) is 42.7 Å². The topological polar surface area (TPSA) is 62.5 Å². The minimum Gasteiger partial charge on any atom is -0.356 e. The van der Waals surface area contributed by atoms with Gasteiger partial charge in [-0.15, -0.1) is 11.3 Å². The van der Waals surface area contributed by atoms with Crippen molar-refractivity contribution in [3.8, 4) is 21.8 Å². The summed E-state index contributed by atoms with van der Waals surface area (Å²) < 4.78 is 18.7. The van der Waals surface area contributed by atoms with Gasteiger partial charge in [-0.1, -0.05) is 23.4 Å². The predicted molar refractivity (Wildman–Crippen MR) is 114 cm³/mol. The molecule has 30 heavy (non-hydrogen) atoms. The maximum atomic E-state index is 13.2. The monoisotopic (exact) mass is 422 g/mol. The van der Waals surface area contributed by atoms with Gasteiger partial charge in [0.05, 0.1) is 11.6 Å². The number of thiazole rings is 1. The van der Waals surface area contributed by atoms with Crippen molar-refractivity contribution in [2.24, 2.45) is 0 Å². The molecule has 0 unspecified atom stereocenters. The first-order valence-corrected chi connectivity index (χ1v) is 10.5. The van der Waals surface area contributed by atoms with Crippen LogP contribution in [0, 0.1) is 5.82 Å². The molecule has 0 saturated carbocycles. The summed E-state index contributed by atoms with van der Waals surface area (Å²) in [5, 5.41) is 5.67. The van der Waals surface area contributed by atoms with Crippen LogP contribution in [-0.4, -0.2) is 59.1 Å². The fourth-order valence-electron chi connectivity index (χ4n) is 3.56. The summed E-state index contributed by atoms with van der Waals surface area (Å²) in [4.78, 5) is 21.9. The molecule has 1 amide bonds. The zero-order valence-corrected chi connectivity index (χ0v) is 17.2. The Balaban J connectivity index is 1.41. The van der Waals surface area contributed by atoms with Gasteiger partial charge in [-0.2, -0.15) is 0 Å². The van der Waals surface area contributed by atoms with Crippen LogP contribution in [0.2, 0.25) is 0 Å². The first kappa shape index (κ1) is 18.9. The lowest BCUT2D eigenvalue weighted by molar-refractivity contribution is 0.0668. The molecule has 152 valence electrons. The number of benzene rings is 2. The number of carbonyl (C=O) groups is 1. The molecular weight excluding hydrogens is 403 g/mol. The van der Waals surface area contributed by atoms with Gasteiger partial charge in [0.25, 0.3) is 5.91 Å². The molecule has 1 fully saturated rings. The maximum Gasteiger partial charge on any atom is 0.265 e. The minimum atomic E-state index is -0.271. The Hall–Kier alpha value is -3.10. The number of piperazine rings is 1. The number of likely N-dealkylation sites (N-methyl/N-ethyl adjacent to an activating group) is 1. The average Bonchev–Trinajstić information content (AvgIpc) is 3.41. The van der Waals surface area contributed by atoms with E-state index in [1.165, 1.54) is 23.5 Å². The van der Waals surface area contributed by atoms with Gasteiger partial charge in [-0.05, 0) is 42.4 Å². The lowest BCUT2D eigenvalue weighted by Gasteiger charge is -2.31. The standard InChI is InChI=1S/C22H19FN4O2S/c1-26-8-10-27(11-9-26)22(28)19-13-24-21(30-19)20-17-7-4-15(12-18(17)29-25-20)14-2-5-16(23)6-3-14/h2-7,12-13H,8-11H2,1H3. The van der Waals surface area contributed by atoms with E-state index < -0.39 is 0 Å². The van der Waals surface area contributed by atoms with Crippen molar-refractivity contribution in [1.82, 2.24) is 19.9 Å². The third-order valence-electron chi connectivity index (χ3n) is 5.36. The summed E-state index contributed by atoms with van der Waals surface area (Å²) in [7, 11) is 2.06. The van der Waals surface area contributed by atoms with Gasteiger partial charge in [0, 0.05) is 26.2 Å². The molecule has 2 aromatic carbocycles. The summed E-state index contributed by atoms with van der Waals surface area (Å²) in [6.45, 7) is 3.20. The zero-order valence-electron chi connectivity index (χ0n) is 16.3. The van der Waals surface area contributed by atoms with Crippen LogP contribution in [0.3, 0.4) is 0 Å². The Labute approximate surface area is 176 Å². The van der Waals surface area contributed by atoms with Crippen molar-refractivity contribution >= 4 is 28.2 Å².